The van der Waals surface area contributed by atoms with Crippen LogP contribution in [0.15, 0.2) is 84.9 Å². The Morgan fingerprint density at radius 2 is 1.50 bits per heavy atom. The monoisotopic (exact) mass is 430 g/mol. The van der Waals surface area contributed by atoms with Crippen molar-refractivity contribution in [3.8, 4) is 5.75 Å². The molecule has 4 rings (SSSR count). The Morgan fingerprint density at radius 1 is 0.906 bits per heavy atom. The second-order valence-electron chi connectivity index (χ2n) is 8.40. The minimum atomic E-state index is -0.262. The SMILES string of the molecule is C[C@H](Nc1ccc(OCc2ccccc2)cc1)C(=O)N1CC[NH+](Cc2ccccc2)CC1. The number of ether oxygens (including phenoxy) is 1. The number of anilines is 1. The fourth-order valence-electron chi connectivity index (χ4n) is 4.08. The zero-order chi connectivity index (χ0) is 22.2. The van der Waals surface area contributed by atoms with E-state index in [-0.39, 0.29) is 11.9 Å². The van der Waals surface area contributed by atoms with E-state index < -0.39 is 0 Å². The number of carbonyl (C=O) groups is 1. The van der Waals surface area contributed by atoms with Gasteiger partial charge in [0.05, 0.1) is 26.2 Å². The van der Waals surface area contributed by atoms with Gasteiger partial charge in [-0.2, -0.15) is 0 Å². The summed E-state index contributed by atoms with van der Waals surface area (Å²) in [6, 6.07) is 28.2. The fourth-order valence-corrected chi connectivity index (χ4v) is 4.08. The predicted molar refractivity (Wildman–Crippen MR) is 128 cm³/mol. The molecular formula is C27H32N3O2+. The number of carbonyl (C=O) groups excluding carboxylic acids is 1. The average molecular weight is 431 g/mol. The van der Waals surface area contributed by atoms with Crippen molar-refractivity contribution in [3.05, 3.63) is 96.1 Å². The lowest BCUT2D eigenvalue weighted by atomic mass is 10.2. The van der Waals surface area contributed by atoms with Gasteiger partial charge in [0, 0.05) is 11.3 Å². The molecule has 5 heteroatoms. The van der Waals surface area contributed by atoms with Crippen LogP contribution in [-0.2, 0) is 17.9 Å². The van der Waals surface area contributed by atoms with Crippen molar-refractivity contribution in [2.75, 3.05) is 31.5 Å². The normalized spacial score (nSPS) is 15.2. The first-order chi connectivity index (χ1) is 15.7. The third-order valence-electron chi connectivity index (χ3n) is 5.94. The van der Waals surface area contributed by atoms with Gasteiger partial charge in [-0.1, -0.05) is 60.7 Å². The molecule has 1 amide bonds. The first-order valence-corrected chi connectivity index (χ1v) is 11.4. The Labute approximate surface area is 190 Å². The summed E-state index contributed by atoms with van der Waals surface area (Å²) in [7, 11) is 0. The van der Waals surface area contributed by atoms with E-state index >= 15 is 0 Å². The molecule has 0 unspecified atom stereocenters. The molecule has 1 heterocycles. The van der Waals surface area contributed by atoms with Crippen molar-refractivity contribution in [2.45, 2.75) is 26.1 Å². The summed E-state index contributed by atoms with van der Waals surface area (Å²) in [6.45, 7) is 7.08. The Morgan fingerprint density at radius 3 is 2.12 bits per heavy atom. The summed E-state index contributed by atoms with van der Waals surface area (Å²) in [6.07, 6.45) is 0. The van der Waals surface area contributed by atoms with Crippen molar-refractivity contribution in [2.24, 2.45) is 0 Å². The van der Waals surface area contributed by atoms with Crippen LogP contribution < -0.4 is 15.0 Å². The second kappa shape index (κ2) is 10.8. The van der Waals surface area contributed by atoms with E-state index in [1.165, 1.54) is 10.5 Å². The third-order valence-corrected chi connectivity index (χ3v) is 5.94. The minimum Gasteiger partial charge on any atom is -0.489 e. The number of piperazine rings is 1. The number of quaternary nitrogens is 1. The topological polar surface area (TPSA) is 46.0 Å². The summed E-state index contributed by atoms with van der Waals surface area (Å²) in [4.78, 5) is 16.4. The lowest BCUT2D eigenvalue weighted by Crippen LogP contribution is -3.13. The number of hydrogen-bond donors (Lipinski definition) is 2. The Kier molecular flexibility index (Phi) is 7.41. The number of amides is 1. The van der Waals surface area contributed by atoms with Gasteiger partial charge in [0.25, 0.3) is 0 Å². The Balaban J connectivity index is 1.22. The smallest absolute Gasteiger partial charge is 0.245 e. The number of benzene rings is 3. The average Bonchev–Trinajstić information content (AvgIpc) is 2.85. The molecule has 3 aromatic carbocycles. The van der Waals surface area contributed by atoms with Gasteiger partial charge in [-0.15, -0.1) is 0 Å². The number of rotatable bonds is 8. The molecule has 0 spiro atoms. The molecule has 0 saturated carbocycles. The molecule has 1 saturated heterocycles. The van der Waals surface area contributed by atoms with Crippen LogP contribution in [0, 0.1) is 0 Å². The number of nitrogens with one attached hydrogen (secondary N) is 2. The molecule has 0 bridgehead atoms. The highest BCUT2D eigenvalue weighted by atomic mass is 16.5. The van der Waals surface area contributed by atoms with Crippen LogP contribution >= 0.6 is 0 Å². The lowest BCUT2D eigenvalue weighted by Gasteiger charge is -2.34. The minimum absolute atomic E-state index is 0.160. The van der Waals surface area contributed by atoms with Crippen molar-refractivity contribution in [1.29, 1.82) is 0 Å². The quantitative estimate of drug-likeness (QED) is 0.578. The summed E-state index contributed by atoms with van der Waals surface area (Å²) in [5, 5.41) is 3.34. The van der Waals surface area contributed by atoms with Crippen molar-refractivity contribution < 1.29 is 14.4 Å². The summed E-state index contributed by atoms with van der Waals surface area (Å²) >= 11 is 0. The van der Waals surface area contributed by atoms with Gasteiger partial charge in [0.2, 0.25) is 5.91 Å². The molecule has 0 aliphatic carbocycles. The maximum absolute atomic E-state index is 12.9. The highest BCUT2D eigenvalue weighted by molar-refractivity contribution is 5.84. The van der Waals surface area contributed by atoms with E-state index in [1.54, 1.807) is 0 Å². The standard InChI is InChI=1S/C27H31N3O2/c1-22(27(31)30-18-16-29(17-19-30)20-23-8-4-2-5-9-23)28-25-12-14-26(15-13-25)32-21-24-10-6-3-7-11-24/h2-15,22,28H,16-21H2,1H3/p+1/t22-/m0/s1. The molecule has 2 N–H and O–H groups in total. The molecular weight excluding hydrogens is 398 g/mol. The highest BCUT2D eigenvalue weighted by Gasteiger charge is 2.26. The van der Waals surface area contributed by atoms with Gasteiger partial charge in [-0.05, 0) is 36.8 Å². The van der Waals surface area contributed by atoms with E-state index in [1.807, 2.05) is 66.4 Å². The van der Waals surface area contributed by atoms with Gasteiger partial charge in [0.1, 0.15) is 24.9 Å². The van der Waals surface area contributed by atoms with Crippen LogP contribution in [0.4, 0.5) is 5.69 Å². The fraction of sp³-hybridized carbons (Fsp3) is 0.296. The molecule has 1 aliphatic rings. The molecule has 0 radical (unpaired) electrons. The van der Waals surface area contributed by atoms with E-state index in [2.05, 4.69) is 35.6 Å². The van der Waals surface area contributed by atoms with E-state index in [9.17, 15) is 4.79 Å². The molecule has 1 fully saturated rings. The second-order valence-corrected chi connectivity index (χ2v) is 8.40. The lowest BCUT2D eigenvalue weighted by molar-refractivity contribution is -0.917. The Hall–Kier alpha value is -3.31. The van der Waals surface area contributed by atoms with Gasteiger partial charge >= 0.3 is 0 Å². The van der Waals surface area contributed by atoms with E-state index in [4.69, 9.17) is 4.74 Å². The van der Waals surface area contributed by atoms with Crippen LogP contribution in [0.3, 0.4) is 0 Å². The molecule has 3 aromatic rings. The maximum Gasteiger partial charge on any atom is 0.245 e. The third kappa shape index (κ3) is 6.11. The van der Waals surface area contributed by atoms with Crippen LogP contribution in [-0.4, -0.2) is 43.0 Å². The zero-order valence-corrected chi connectivity index (χ0v) is 18.7. The van der Waals surface area contributed by atoms with Gasteiger partial charge < -0.3 is 19.9 Å². The van der Waals surface area contributed by atoms with Crippen LogP contribution in [0.25, 0.3) is 0 Å². The first-order valence-electron chi connectivity index (χ1n) is 11.4. The Bertz CT molecular complexity index is 969. The van der Waals surface area contributed by atoms with Gasteiger partial charge in [-0.3, -0.25) is 4.79 Å². The maximum atomic E-state index is 12.9. The summed E-state index contributed by atoms with van der Waals surface area (Å²) < 4.78 is 5.84. The van der Waals surface area contributed by atoms with Crippen LogP contribution in [0.5, 0.6) is 5.75 Å². The number of hydrogen-bond acceptors (Lipinski definition) is 3. The van der Waals surface area contributed by atoms with Crippen molar-refractivity contribution in [1.82, 2.24) is 4.90 Å². The molecule has 166 valence electrons. The van der Waals surface area contributed by atoms with Crippen LogP contribution in [0.2, 0.25) is 0 Å². The van der Waals surface area contributed by atoms with Gasteiger partial charge in [0.15, 0.2) is 0 Å². The largest absolute Gasteiger partial charge is 0.489 e. The van der Waals surface area contributed by atoms with Crippen molar-refractivity contribution >= 4 is 11.6 Å². The molecule has 1 atom stereocenters. The van der Waals surface area contributed by atoms with Gasteiger partial charge in [-0.25, -0.2) is 0 Å². The van der Waals surface area contributed by atoms with E-state index in [0.29, 0.717) is 6.61 Å². The molecule has 5 nitrogen and oxygen atoms in total. The zero-order valence-electron chi connectivity index (χ0n) is 18.7. The molecule has 0 aromatic heterocycles. The molecule has 32 heavy (non-hydrogen) atoms. The van der Waals surface area contributed by atoms with E-state index in [0.717, 1.165) is 49.7 Å². The summed E-state index contributed by atoms with van der Waals surface area (Å²) in [5.41, 5.74) is 3.42. The molecule has 1 aliphatic heterocycles. The highest BCUT2D eigenvalue weighted by Crippen LogP contribution is 2.18. The first kappa shape index (κ1) is 21.9. The van der Waals surface area contributed by atoms with Crippen LogP contribution in [0.1, 0.15) is 18.1 Å². The van der Waals surface area contributed by atoms with Crippen molar-refractivity contribution in [3.63, 3.8) is 0 Å². The summed E-state index contributed by atoms with van der Waals surface area (Å²) in [5.74, 6) is 0.976. The predicted octanol–water partition coefficient (Wildman–Crippen LogP) is 2.99. The number of nitrogens with zero attached hydrogens (tertiary/aromatic N) is 1.